The molecule has 29 heteroatoms. The fraction of sp³-hybridized carbons (Fsp3) is 0.929. The molecule has 0 saturated heterocycles. The Kier molecular flexibility index (Phi) is 103. The Morgan fingerprint density at radius 1 is 0.418 bits per heavy atom. The van der Waals surface area contributed by atoms with Crippen LogP contribution in [-0.4, -0.2) is 269 Å². The lowest BCUT2D eigenvalue weighted by Gasteiger charge is -2.30. The van der Waals surface area contributed by atoms with Gasteiger partial charge in [-0.2, -0.15) is 0 Å². The second-order valence-electron chi connectivity index (χ2n) is 56.6. The SMILES string of the molecule is CC(=O)N(C)C(C)(C)C.CC(C)(C)C(F)F.CC(C)(C)CC(=O)O.CC(C)(C)CC(=O)O.CC(C)(C)CCCO.CC(C)(C)CCO.CC(C)(C)CN.CC(C)(C)CO.CC(C)(C)NC(=O)OC(C)(C)C.CC(C)(C)NCC(=O)O.CC(C)C(C(=O)O)C(C)(C)C.CC(C)OC(=O)NC(C)(C)C.CN(C)C(C)(C)C.CN(C)CC(C)(C)C.CN(CCO)C(C)(C)C.COCCC(C)(C)C.[C-]#[N+]CC(C)(C)C. The number of carboxylic acid groups (broad SMARTS) is 4. The largest absolute Gasteiger partial charge is 0.481 e. The van der Waals surface area contributed by atoms with E-state index in [-0.39, 0.29) is 123 Å². The van der Waals surface area contributed by atoms with Crippen molar-refractivity contribution < 1.29 is 97.4 Å². The number of nitrogens with two attached hydrogens (primary N) is 1. The Hall–Kier alpha value is -5.16. The first-order valence-electron chi connectivity index (χ1n) is 50.1. The second kappa shape index (κ2) is 82.8. The molecule has 0 aromatic heterocycles. The number of β-amino-alcohol motifs (C(OH)–C–C–N with tert-alkyl or cyclic N) is 1. The number of rotatable bonds is 15. The van der Waals surface area contributed by atoms with Crippen LogP contribution in [0, 0.1) is 78.0 Å². The number of hydrogen-bond acceptors (Lipinski definition) is 19. The monoisotopic (exact) mass is 2040 g/mol. The molecule has 141 heavy (non-hydrogen) atoms. The van der Waals surface area contributed by atoms with Gasteiger partial charge in [0.2, 0.25) is 18.9 Å². The molecule has 0 aromatic rings. The van der Waals surface area contributed by atoms with E-state index in [9.17, 15) is 42.3 Å². The van der Waals surface area contributed by atoms with E-state index in [4.69, 9.17) is 67.4 Å². The molecule has 13 N–H and O–H groups in total. The Morgan fingerprint density at radius 2 is 0.738 bits per heavy atom. The van der Waals surface area contributed by atoms with Crippen LogP contribution in [0.5, 0.6) is 0 Å². The maximum Gasteiger partial charge on any atom is 0.408 e. The summed E-state index contributed by atoms with van der Waals surface area (Å²) in [5.41, 5.74) is 5.87. The van der Waals surface area contributed by atoms with E-state index >= 15 is 0 Å². The quantitative estimate of drug-likeness (QED) is 0.0678. The van der Waals surface area contributed by atoms with Crippen LogP contribution in [0.3, 0.4) is 0 Å². The number of nitrogens with zero attached hydrogens (tertiary/aromatic N) is 5. The van der Waals surface area contributed by atoms with Crippen LogP contribution in [-0.2, 0) is 38.2 Å². The number of ether oxygens (including phenoxy) is 3. The van der Waals surface area contributed by atoms with Crippen molar-refractivity contribution in [3.05, 3.63) is 11.4 Å². The number of nitrogens with one attached hydrogen (secondary N) is 3. The van der Waals surface area contributed by atoms with Crippen LogP contribution in [0.1, 0.15) is 447 Å². The van der Waals surface area contributed by atoms with Crippen molar-refractivity contribution in [1.29, 1.82) is 0 Å². The number of methoxy groups -OCH3 is 1. The summed E-state index contributed by atoms with van der Waals surface area (Å²) in [5, 5.41) is 75.6. The fourth-order valence-electron chi connectivity index (χ4n) is 7.56. The van der Waals surface area contributed by atoms with Crippen molar-refractivity contribution in [2.24, 2.45) is 77.1 Å². The van der Waals surface area contributed by atoms with E-state index < -0.39 is 41.3 Å². The van der Waals surface area contributed by atoms with Crippen molar-refractivity contribution in [3.8, 4) is 0 Å². The highest BCUT2D eigenvalue weighted by molar-refractivity contribution is 5.73. The lowest BCUT2D eigenvalue weighted by Crippen LogP contribution is -2.43. The maximum atomic E-state index is 11.5. The average Bonchev–Trinajstić information content (AvgIpc) is 0.852. The zero-order chi connectivity index (χ0) is 119. The number of aliphatic carboxylic acids is 4. The maximum absolute atomic E-state index is 11.5. The van der Waals surface area contributed by atoms with Crippen LogP contribution in [0.25, 0.3) is 4.85 Å². The number of amides is 3. The number of alkyl carbamates (subject to hydrolysis) is 2. The molecule has 0 aliphatic carbocycles. The molecule has 0 aliphatic rings. The van der Waals surface area contributed by atoms with Crippen molar-refractivity contribution in [1.82, 2.24) is 35.6 Å². The van der Waals surface area contributed by atoms with Crippen LogP contribution in [0.4, 0.5) is 18.4 Å². The second-order valence-corrected chi connectivity index (χ2v) is 56.6. The zero-order valence-electron chi connectivity index (χ0n) is 105. The van der Waals surface area contributed by atoms with Gasteiger partial charge in [-0.1, -0.05) is 242 Å². The van der Waals surface area contributed by atoms with E-state index in [1.54, 1.807) is 18.9 Å². The van der Waals surface area contributed by atoms with Gasteiger partial charge in [0.05, 0.1) is 38.0 Å². The van der Waals surface area contributed by atoms with E-state index in [0.717, 1.165) is 51.9 Å². The number of alkyl halides is 2. The molecule has 0 fully saturated rings. The van der Waals surface area contributed by atoms with Crippen LogP contribution in [0.2, 0.25) is 0 Å². The van der Waals surface area contributed by atoms with Gasteiger partial charge in [0, 0.05) is 105 Å². The topological polar surface area (TPSA) is 388 Å². The van der Waals surface area contributed by atoms with Gasteiger partial charge in [0.15, 0.2) is 0 Å². The van der Waals surface area contributed by atoms with Crippen LogP contribution in [0.15, 0.2) is 0 Å². The third-order valence-corrected chi connectivity index (χ3v) is 16.2. The number of likely N-dealkylation sites (N-methyl/N-ethyl adjacent to an activating group) is 1. The number of carbonyl (C=O) groups is 7. The molecule has 0 saturated carbocycles. The van der Waals surface area contributed by atoms with Crippen molar-refractivity contribution in [3.63, 3.8) is 0 Å². The first-order valence-corrected chi connectivity index (χ1v) is 50.1. The van der Waals surface area contributed by atoms with E-state index in [1.807, 2.05) is 229 Å². The van der Waals surface area contributed by atoms with Crippen LogP contribution < -0.4 is 21.7 Å². The zero-order valence-corrected chi connectivity index (χ0v) is 105. The molecule has 0 spiro atoms. The molecular formula is C112H247F2N9O18. The van der Waals surface area contributed by atoms with Gasteiger partial charge in [0.1, 0.15) is 5.60 Å². The van der Waals surface area contributed by atoms with E-state index in [0.29, 0.717) is 52.4 Å². The molecule has 0 aromatic carbocycles. The lowest BCUT2D eigenvalue weighted by atomic mass is 9.74. The number of hydrogen-bond donors (Lipinski definition) is 12. The Labute approximate surface area is 872 Å². The summed E-state index contributed by atoms with van der Waals surface area (Å²) in [7, 11) is 13.9. The number of carboxylic acids is 4. The van der Waals surface area contributed by atoms with Gasteiger partial charge in [-0.05, 0) is 281 Å². The Bertz CT molecular complexity index is 2920. The molecule has 1 unspecified atom stereocenters. The number of aliphatic hydroxyl groups excluding tert-OH is 4. The number of carbonyl (C=O) groups excluding carboxylic acids is 3. The normalized spacial score (nSPS) is 12.2. The van der Waals surface area contributed by atoms with Crippen molar-refractivity contribution in [2.75, 3.05) is 115 Å². The average molecular weight is 2050 g/mol. The minimum absolute atomic E-state index is 0.0312. The minimum atomic E-state index is -2.20. The third kappa shape index (κ3) is 221. The predicted octanol–water partition coefficient (Wildman–Crippen LogP) is 26.6. The molecular weight excluding hydrogens is 1800 g/mol. The van der Waals surface area contributed by atoms with Gasteiger partial charge in [-0.3, -0.25) is 28.9 Å². The first-order chi connectivity index (χ1) is 60.9. The predicted molar refractivity (Wildman–Crippen MR) is 601 cm³/mol. The molecule has 0 bridgehead atoms. The van der Waals surface area contributed by atoms with Gasteiger partial charge < -0.3 is 96.3 Å². The summed E-state index contributed by atoms with van der Waals surface area (Å²) in [6.07, 6.45) is 1.59. The summed E-state index contributed by atoms with van der Waals surface area (Å²) in [4.78, 5) is 85.1. The molecule has 862 valence electrons. The van der Waals surface area contributed by atoms with Crippen molar-refractivity contribution in [2.45, 2.75) is 498 Å². The number of halogens is 2. The standard InChI is InChI=1S/C9H19NO2.C9H18O2.C8H17NO2.C7H17NO.C7H15NO.C7H17N.2C7H16O.C6H13NO2.C6H15N.C6H11N.2C6H12O2.C6H14O.C5H10F2.C5H13N.C5H12O/c1-8(2,3)10-7(11)12-9(4,5)6;1-6(2)7(8(10)11)9(3,4)5;1-6(2)11-7(10)9-8(3,4)5;1-7(2,3)8(4)5-6-9;1-6(9)8(5)7(2,3)4;1-7(2,3)6-8(4)5;1-7(2,3)5-6-8-4;1-7(2,3)5-4-6-8;1-6(2,3)7-4-5(8)9;1-6(2,3)7(4)5;1-6(2,3)5-7-4;2*1-6(2,3)4-5(7)8;1-6(2,3)4-5-7;1-5(2,3)4(6)7;2*1-5(2,3)4-6/h1-6H3,(H,10,11);6-7H,1-5H3,(H,10,11);6H,1-5H3,(H,9,10);9H,5-6H2,1-4H3;1-5H3;6H2,1-5H3;5-6H2,1-4H3;8H,4-6H2,1-3H3;7H,4H2,1-3H3,(H,8,9);1-5H3;5H2,1-3H3;2*4H2,1-3H3,(H,7,8);7H,4-5H2,1-3H3;4H,1-3H3;4,6H2,1-3H3;6H,4H2,1-3H3. The fourth-order valence-corrected chi connectivity index (χ4v) is 7.56. The molecule has 1 atom stereocenters. The summed E-state index contributed by atoms with van der Waals surface area (Å²) in [6, 6.07) is 0. The Morgan fingerprint density at radius 3 is 0.809 bits per heavy atom. The number of aliphatic hydroxyl groups is 4. The smallest absolute Gasteiger partial charge is 0.408 e. The molecule has 0 radical (unpaired) electrons. The summed E-state index contributed by atoms with van der Waals surface area (Å²) < 4.78 is 37.9. The highest BCUT2D eigenvalue weighted by Crippen LogP contribution is 2.32. The van der Waals surface area contributed by atoms with Gasteiger partial charge in [0.25, 0.3) is 0 Å². The van der Waals surface area contributed by atoms with E-state index in [2.05, 4.69) is 230 Å². The molecule has 3 amide bonds. The highest BCUT2D eigenvalue weighted by Gasteiger charge is 2.34. The molecule has 0 rings (SSSR count). The van der Waals surface area contributed by atoms with Gasteiger partial charge in [-0.25, -0.2) is 24.9 Å². The molecule has 27 nitrogen and oxygen atoms in total. The first kappa shape index (κ1) is 175. The van der Waals surface area contributed by atoms with Gasteiger partial charge in [-0.15, -0.1) is 0 Å². The summed E-state index contributed by atoms with van der Waals surface area (Å²) in [6.45, 7) is 129. The highest BCUT2D eigenvalue weighted by atomic mass is 19.3. The van der Waals surface area contributed by atoms with Gasteiger partial charge >= 0.3 is 36.1 Å². The third-order valence-electron chi connectivity index (χ3n) is 16.2. The minimum Gasteiger partial charge on any atom is -0.481 e. The molecule has 0 aliphatic heterocycles. The summed E-state index contributed by atoms with van der Waals surface area (Å²) >= 11 is 0. The lowest BCUT2D eigenvalue weighted by molar-refractivity contribution is -0.148. The van der Waals surface area contributed by atoms with E-state index in [1.165, 1.54) is 20.8 Å². The molecule has 0 heterocycles. The van der Waals surface area contributed by atoms with Crippen LogP contribution >= 0.6 is 0 Å². The van der Waals surface area contributed by atoms with Crippen molar-refractivity contribution >= 4 is 42.0 Å². The Balaban J connectivity index is -0.0000000775. The summed E-state index contributed by atoms with van der Waals surface area (Å²) in [5.74, 6) is -2.88.